The van der Waals surface area contributed by atoms with Gasteiger partial charge in [0, 0.05) is 16.6 Å². The van der Waals surface area contributed by atoms with Gasteiger partial charge >= 0.3 is 12.2 Å². The number of benzene rings is 2. The van der Waals surface area contributed by atoms with Crippen LogP contribution < -0.4 is 10.6 Å². The van der Waals surface area contributed by atoms with Crippen LogP contribution in [-0.4, -0.2) is 11.0 Å². The van der Waals surface area contributed by atoms with Gasteiger partial charge in [0.25, 0.3) is 0 Å². The number of anilines is 2. The molecule has 140 valence electrons. The Balaban J connectivity index is 1.66. The minimum absolute atomic E-state index is 0.256. The molecule has 0 aliphatic heterocycles. The number of hydrogen-bond acceptors (Lipinski definition) is 3. The number of nitrogens with zero attached hydrogens (tertiary/aromatic N) is 1. The fraction of sp³-hybridized carbons (Fsp3) is 0.158. The summed E-state index contributed by atoms with van der Waals surface area (Å²) >= 11 is 1.27. The molecule has 0 saturated carbocycles. The Bertz CT molecular complexity index is 965. The normalized spacial score (nSPS) is 11.3. The fourth-order valence-electron chi connectivity index (χ4n) is 2.56. The second-order valence-corrected chi connectivity index (χ2v) is 6.87. The van der Waals surface area contributed by atoms with Crippen molar-refractivity contribution < 1.29 is 18.0 Å². The summed E-state index contributed by atoms with van der Waals surface area (Å²) in [7, 11) is 0. The molecule has 0 spiro atoms. The van der Waals surface area contributed by atoms with Gasteiger partial charge in [-0.1, -0.05) is 23.8 Å². The topological polar surface area (TPSA) is 54.0 Å². The van der Waals surface area contributed by atoms with Crippen LogP contribution in [0, 0.1) is 13.8 Å². The molecule has 4 nitrogen and oxygen atoms in total. The molecule has 0 fully saturated rings. The number of amides is 2. The number of rotatable bonds is 3. The number of carbonyl (C=O) groups is 1. The van der Waals surface area contributed by atoms with E-state index in [1.807, 2.05) is 31.4 Å². The predicted octanol–water partition coefficient (Wildman–Crippen LogP) is 6.09. The van der Waals surface area contributed by atoms with Crippen molar-refractivity contribution in [2.75, 3.05) is 10.6 Å². The van der Waals surface area contributed by atoms with Crippen molar-refractivity contribution in [2.24, 2.45) is 0 Å². The summed E-state index contributed by atoms with van der Waals surface area (Å²) in [5.41, 5.74) is 3.45. The van der Waals surface area contributed by atoms with Crippen molar-refractivity contribution >= 4 is 28.2 Å². The molecule has 0 radical (unpaired) electrons. The first-order valence-corrected chi connectivity index (χ1v) is 8.89. The Kier molecular flexibility index (Phi) is 5.18. The van der Waals surface area contributed by atoms with Gasteiger partial charge in [0.05, 0.1) is 11.3 Å². The Labute approximate surface area is 158 Å². The van der Waals surface area contributed by atoms with E-state index in [0.717, 1.165) is 34.5 Å². The highest BCUT2D eigenvalue weighted by Gasteiger charge is 2.30. The lowest BCUT2D eigenvalue weighted by Gasteiger charge is -2.09. The molecule has 0 bridgehead atoms. The number of urea groups is 1. The summed E-state index contributed by atoms with van der Waals surface area (Å²) in [4.78, 5) is 16.4. The van der Waals surface area contributed by atoms with E-state index in [4.69, 9.17) is 0 Å². The van der Waals surface area contributed by atoms with Crippen LogP contribution in [0.4, 0.5) is 28.8 Å². The van der Waals surface area contributed by atoms with E-state index in [0.29, 0.717) is 5.13 Å². The average Bonchev–Trinajstić information content (AvgIpc) is 3.02. The molecule has 0 saturated heterocycles. The van der Waals surface area contributed by atoms with Crippen LogP contribution in [0.1, 0.15) is 16.7 Å². The van der Waals surface area contributed by atoms with E-state index >= 15 is 0 Å². The lowest BCUT2D eigenvalue weighted by Crippen LogP contribution is -2.19. The second-order valence-electron chi connectivity index (χ2n) is 6.01. The first kappa shape index (κ1) is 18.9. The SMILES string of the molecule is Cc1ccc(-c2csc(NC(=O)Nc3ccc(C(F)(F)F)cc3)n2)c(C)c1. The number of halogens is 3. The molecule has 2 N–H and O–H groups in total. The molecule has 0 atom stereocenters. The molecule has 0 unspecified atom stereocenters. The molecule has 0 aliphatic rings. The van der Waals surface area contributed by atoms with Gasteiger partial charge in [0.15, 0.2) is 5.13 Å². The Morgan fingerprint density at radius 1 is 1.04 bits per heavy atom. The minimum atomic E-state index is -4.41. The second kappa shape index (κ2) is 7.40. The third-order valence-electron chi connectivity index (χ3n) is 3.85. The lowest BCUT2D eigenvalue weighted by atomic mass is 10.0. The standard InChI is InChI=1S/C19H16F3N3OS/c1-11-3-8-15(12(2)9-11)16-10-27-18(24-16)25-17(26)23-14-6-4-13(5-7-14)19(20,21)22/h3-10H,1-2H3,(H2,23,24,25,26). The largest absolute Gasteiger partial charge is 0.416 e. The van der Waals surface area contributed by atoms with Crippen molar-refractivity contribution in [3.63, 3.8) is 0 Å². The molecule has 8 heteroatoms. The van der Waals surface area contributed by atoms with Gasteiger partial charge < -0.3 is 5.32 Å². The highest BCUT2D eigenvalue weighted by atomic mass is 32.1. The molecule has 1 heterocycles. The van der Waals surface area contributed by atoms with Crippen LogP contribution in [-0.2, 0) is 6.18 Å². The number of aryl methyl sites for hydroxylation is 2. The number of carbonyl (C=O) groups excluding carboxylic acids is 1. The summed E-state index contributed by atoms with van der Waals surface area (Å²) in [5, 5.41) is 7.31. The van der Waals surface area contributed by atoms with Crippen LogP contribution in [0.15, 0.2) is 47.8 Å². The molecule has 27 heavy (non-hydrogen) atoms. The lowest BCUT2D eigenvalue weighted by molar-refractivity contribution is -0.137. The Morgan fingerprint density at radius 3 is 2.37 bits per heavy atom. The van der Waals surface area contributed by atoms with E-state index in [1.54, 1.807) is 0 Å². The molecule has 3 aromatic rings. The highest BCUT2D eigenvalue weighted by molar-refractivity contribution is 7.14. The van der Waals surface area contributed by atoms with Gasteiger partial charge in [-0.25, -0.2) is 9.78 Å². The maximum Gasteiger partial charge on any atom is 0.416 e. The first-order valence-electron chi connectivity index (χ1n) is 8.01. The molecule has 0 aliphatic carbocycles. The van der Waals surface area contributed by atoms with Gasteiger partial charge in [-0.05, 0) is 43.7 Å². The maximum absolute atomic E-state index is 12.6. The van der Waals surface area contributed by atoms with Crippen LogP contribution >= 0.6 is 11.3 Å². The average molecular weight is 391 g/mol. The summed E-state index contributed by atoms with van der Waals surface area (Å²) in [5.74, 6) is 0. The zero-order chi connectivity index (χ0) is 19.6. The number of hydrogen-bond donors (Lipinski definition) is 2. The van der Waals surface area contributed by atoms with Crippen LogP contribution in [0.2, 0.25) is 0 Å². The van der Waals surface area contributed by atoms with E-state index in [9.17, 15) is 18.0 Å². The number of nitrogens with one attached hydrogen (secondary N) is 2. The quantitative estimate of drug-likeness (QED) is 0.568. The number of thiazole rings is 1. The van der Waals surface area contributed by atoms with Crippen LogP contribution in [0.3, 0.4) is 0 Å². The molecule has 2 aromatic carbocycles. The summed E-state index contributed by atoms with van der Waals surface area (Å²) in [6.45, 7) is 4.00. The van der Waals surface area contributed by atoms with E-state index in [-0.39, 0.29) is 5.69 Å². The monoisotopic (exact) mass is 391 g/mol. The van der Waals surface area contributed by atoms with Crippen molar-refractivity contribution in [3.8, 4) is 11.3 Å². The molecule has 1 aromatic heterocycles. The van der Waals surface area contributed by atoms with E-state index in [2.05, 4.69) is 21.7 Å². The van der Waals surface area contributed by atoms with Crippen LogP contribution in [0.25, 0.3) is 11.3 Å². The number of aromatic nitrogens is 1. The molecule has 3 rings (SSSR count). The summed E-state index contributed by atoms with van der Waals surface area (Å²) in [6.07, 6.45) is -4.41. The minimum Gasteiger partial charge on any atom is -0.308 e. The molecular formula is C19H16F3N3OS. The van der Waals surface area contributed by atoms with E-state index < -0.39 is 17.8 Å². The van der Waals surface area contributed by atoms with Gasteiger partial charge in [0.2, 0.25) is 0 Å². The van der Waals surface area contributed by atoms with Crippen molar-refractivity contribution in [1.29, 1.82) is 0 Å². The van der Waals surface area contributed by atoms with Crippen molar-refractivity contribution in [2.45, 2.75) is 20.0 Å². The zero-order valence-corrected chi connectivity index (χ0v) is 15.3. The third kappa shape index (κ3) is 4.65. The highest BCUT2D eigenvalue weighted by Crippen LogP contribution is 2.30. The smallest absolute Gasteiger partial charge is 0.308 e. The predicted molar refractivity (Wildman–Crippen MR) is 101 cm³/mol. The summed E-state index contributed by atoms with van der Waals surface area (Å²) in [6, 6.07) is 9.68. The molecular weight excluding hydrogens is 375 g/mol. The van der Waals surface area contributed by atoms with E-state index in [1.165, 1.54) is 23.5 Å². The van der Waals surface area contributed by atoms with Crippen molar-refractivity contribution in [1.82, 2.24) is 4.98 Å². The Morgan fingerprint density at radius 2 is 1.74 bits per heavy atom. The Hall–Kier alpha value is -2.87. The maximum atomic E-state index is 12.6. The summed E-state index contributed by atoms with van der Waals surface area (Å²) < 4.78 is 37.7. The van der Waals surface area contributed by atoms with Gasteiger partial charge in [0.1, 0.15) is 0 Å². The first-order chi connectivity index (χ1) is 12.7. The van der Waals surface area contributed by atoms with Crippen LogP contribution in [0.5, 0.6) is 0 Å². The zero-order valence-electron chi connectivity index (χ0n) is 14.5. The van der Waals surface area contributed by atoms with Gasteiger partial charge in [-0.2, -0.15) is 13.2 Å². The molecule has 2 amide bonds. The van der Waals surface area contributed by atoms with Gasteiger partial charge in [-0.15, -0.1) is 11.3 Å². The van der Waals surface area contributed by atoms with Gasteiger partial charge in [-0.3, -0.25) is 5.32 Å². The third-order valence-corrected chi connectivity index (χ3v) is 4.61. The van der Waals surface area contributed by atoms with Crippen molar-refractivity contribution in [3.05, 3.63) is 64.5 Å². The fourth-order valence-corrected chi connectivity index (χ4v) is 3.26. The number of alkyl halides is 3.